The predicted molar refractivity (Wildman–Crippen MR) is 78.2 cm³/mol. The van der Waals surface area contributed by atoms with Crippen molar-refractivity contribution in [3.63, 3.8) is 0 Å². The Kier molecular flexibility index (Phi) is 6.61. The highest BCUT2D eigenvalue weighted by atomic mass is 16.5. The second-order valence-electron chi connectivity index (χ2n) is 5.32. The third-order valence-corrected chi connectivity index (χ3v) is 3.21. The molecular weight excluding hydrogens is 274 g/mol. The van der Waals surface area contributed by atoms with Gasteiger partial charge in [-0.3, -0.25) is 4.79 Å². The molecule has 6 heteroatoms. The average molecular weight is 297 g/mol. The van der Waals surface area contributed by atoms with Crippen LogP contribution < -0.4 is 10.1 Å². The molecule has 0 fully saturated rings. The van der Waals surface area contributed by atoms with Crippen LogP contribution in [0, 0.1) is 0 Å². The van der Waals surface area contributed by atoms with E-state index in [9.17, 15) is 4.79 Å². The predicted octanol–water partition coefficient (Wildman–Crippen LogP) is 0.0207. The van der Waals surface area contributed by atoms with E-state index in [0.29, 0.717) is 11.7 Å². The lowest BCUT2D eigenvalue weighted by Gasteiger charge is -2.28. The van der Waals surface area contributed by atoms with Crippen LogP contribution in [0.2, 0.25) is 0 Å². The minimum absolute atomic E-state index is 0.261. The number of carbonyl (C=O) groups is 1. The molecular formula is C15H23NO5. The minimum atomic E-state index is -1.43. The van der Waals surface area contributed by atoms with Gasteiger partial charge in [-0.1, -0.05) is 26.0 Å². The van der Waals surface area contributed by atoms with Crippen molar-refractivity contribution in [3.05, 3.63) is 29.8 Å². The van der Waals surface area contributed by atoms with Crippen LogP contribution in [-0.4, -0.2) is 53.2 Å². The van der Waals surface area contributed by atoms with Crippen LogP contribution in [0.25, 0.3) is 0 Å². The summed E-state index contributed by atoms with van der Waals surface area (Å²) in [5.41, 5.74) is -0.330. The molecule has 118 valence electrons. The van der Waals surface area contributed by atoms with Crippen LogP contribution in [-0.2, 0) is 4.79 Å². The molecule has 0 aromatic heterocycles. The number of rotatable bonds is 8. The van der Waals surface area contributed by atoms with Gasteiger partial charge >= 0.3 is 0 Å². The molecule has 0 aliphatic heterocycles. The van der Waals surface area contributed by atoms with Gasteiger partial charge in [0.2, 0.25) is 0 Å². The molecule has 0 bridgehead atoms. The summed E-state index contributed by atoms with van der Waals surface area (Å²) in [6.07, 6.45) is 0. The second kappa shape index (κ2) is 7.97. The second-order valence-corrected chi connectivity index (χ2v) is 5.32. The SMILES string of the molecule is CC(C)c1cccc(OCC(=O)NC(CO)(CO)CO)c1. The zero-order chi connectivity index (χ0) is 15.9. The van der Waals surface area contributed by atoms with Gasteiger partial charge in [0, 0.05) is 0 Å². The Bertz CT molecular complexity index is 449. The first-order chi connectivity index (χ1) is 9.96. The van der Waals surface area contributed by atoms with E-state index in [4.69, 9.17) is 20.1 Å². The number of ether oxygens (including phenoxy) is 1. The maximum atomic E-state index is 11.8. The first-order valence-corrected chi connectivity index (χ1v) is 6.82. The Morgan fingerprint density at radius 2 is 1.86 bits per heavy atom. The number of aliphatic hydroxyl groups is 3. The van der Waals surface area contributed by atoms with Gasteiger partial charge in [-0.25, -0.2) is 0 Å². The van der Waals surface area contributed by atoms with Crippen LogP contribution in [0.15, 0.2) is 24.3 Å². The molecule has 0 saturated carbocycles. The van der Waals surface area contributed by atoms with E-state index in [1.54, 1.807) is 6.07 Å². The zero-order valence-corrected chi connectivity index (χ0v) is 12.4. The molecule has 0 unspecified atom stereocenters. The van der Waals surface area contributed by atoms with Gasteiger partial charge in [-0.15, -0.1) is 0 Å². The summed E-state index contributed by atoms with van der Waals surface area (Å²) in [4.78, 5) is 11.8. The highest BCUT2D eigenvalue weighted by molar-refractivity contribution is 5.78. The number of nitrogens with one attached hydrogen (secondary N) is 1. The van der Waals surface area contributed by atoms with Gasteiger partial charge in [0.25, 0.3) is 5.91 Å². The average Bonchev–Trinajstić information content (AvgIpc) is 2.51. The molecule has 0 heterocycles. The monoisotopic (exact) mass is 297 g/mol. The van der Waals surface area contributed by atoms with Crippen molar-refractivity contribution in [1.82, 2.24) is 5.32 Å². The number of benzene rings is 1. The van der Waals surface area contributed by atoms with E-state index in [1.807, 2.05) is 18.2 Å². The maximum Gasteiger partial charge on any atom is 0.258 e. The van der Waals surface area contributed by atoms with E-state index in [-0.39, 0.29) is 6.61 Å². The van der Waals surface area contributed by atoms with E-state index in [1.165, 1.54) is 0 Å². The van der Waals surface area contributed by atoms with Crippen molar-refractivity contribution in [1.29, 1.82) is 0 Å². The van der Waals surface area contributed by atoms with Crippen molar-refractivity contribution in [2.45, 2.75) is 25.3 Å². The van der Waals surface area contributed by atoms with Gasteiger partial charge in [0.05, 0.1) is 19.8 Å². The lowest BCUT2D eigenvalue weighted by atomic mass is 10.0. The molecule has 0 aliphatic rings. The first-order valence-electron chi connectivity index (χ1n) is 6.82. The topological polar surface area (TPSA) is 99.0 Å². The molecule has 4 N–H and O–H groups in total. The van der Waals surface area contributed by atoms with Crippen LogP contribution >= 0.6 is 0 Å². The van der Waals surface area contributed by atoms with E-state index in [0.717, 1.165) is 5.56 Å². The summed E-state index contributed by atoms with van der Waals surface area (Å²) in [5.74, 6) is 0.397. The Hall–Kier alpha value is -1.63. The Morgan fingerprint density at radius 1 is 1.24 bits per heavy atom. The largest absolute Gasteiger partial charge is 0.484 e. The molecule has 0 aliphatic carbocycles. The first kappa shape index (κ1) is 17.4. The van der Waals surface area contributed by atoms with Crippen LogP contribution in [0.4, 0.5) is 0 Å². The molecule has 1 aromatic carbocycles. The normalized spacial score (nSPS) is 11.5. The Morgan fingerprint density at radius 3 is 2.38 bits per heavy atom. The quantitative estimate of drug-likeness (QED) is 0.542. The molecule has 1 amide bonds. The lowest BCUT2D eigenvalue weighted by Crippen LogP contribution is -2.58. The molecule has 0 atom stereocenters. The zero-order valence-electron chi connectivity index (χ0n) is 12.4. The van der Waals surface area contributed by atoms with Gasteiger partial charge in [-0.2, -0.15) is 0 Å². The van der Waals surface area contributed by atoms with Crippen LogP contribution in [0.3, 0.4) is 0 Å². The van der Waals surface area contributed by atoms with Crippen molar-refractivity contribution < 1.29 is 24.9 Å². The third kappa shape index (κ3) is 5.00. The number of hydrogen-bond acceptors (Lipinski definition) is 5. The molecule has 0 spiro atoms. The lowest BCUT2D eigenvalue weighted by molar-refractivity contribution is -0.127. The van der Waals surface area contributed by atoms with Gasteiger partial charge in [-0.05, 0) is 23.6 Å². The summed E-state index contributed by atoms with van der Waals surface area (Å²) in [5, 5.41) is 29.8. The van der Waals surface area contributed by atoms with E-state index >= 15 is 0 Å². The van der Waals surface area contributed by atoms with Crippen molar-refractivity contribution >= 4 is 5.91 Å². The number of aliphatic hydroxyl groups excluding tert-OH is 3. The molecule has 21 heavy (non-hydrogen) atoms. The van der Waals surface area contributed by atoms with Crippen molar-refractivity contribution in [2.75, 3.05) is 26.4 Å². The summed E-state index contributed by atoms with van der Waals surface area (Å²) >= 11 is 0. The summed E-state index contributed by atoms with van der Waals surface area (Å²) in [6.45, 7) is 2.18. The van der Waals surface area contributed by atoms with Gasteiger partial charge in [0.15, 0.2) is 6.61 Å². The summed E-state index contributed by atoms with van der Waals surface area (Å²) in [7, 11) is 0. The highest BCUT2D eigenvalue weighted by Gasteiger charge is 2.29. The highest BCUT2D eigenvalue weighted by Crippen LogP contribution is 2.20. The fourth-order valence-corrected chi connectivity index (χ4v) is 1.71. The third-order valence-electron chi connectivity index (χ3n) is 3.21. The fraction of sp³-hybridized carbons (Fsp3) is 0.533. The molecule has 0 radical (unpaired) electrons. The molecule has 0 saturated heterocycles. The van der Waals surface area contributed by atoms with E-state index in [2.05, 4.69) is 19.2 Å². The number of hydrogen-bond donors (Lipinski definition) is 4. The number of amides is 1. The molecule has 1 rings (SSSR count). The summed E-state index contributed by atoms with van der Waals surface area (Å²) in [6, 6.07) is 7.43. The summed E-state index contributed by atoms with van der Waals surface area (Å²) < 4.78 is 5.38. The maximum absolute atomic E-state index is 11.8. The van der Waals surface area contributed by atoms with Crippen LogP contribution in [0.5, 0.6) is 5.75 Å². The standard InChI is InChI=1S/C15H23NO5/c1-11(2)12-4-3-5-13(6-12)21-7-14(20)16-15(8-17,9-18)10-19/h3-6,11,17-19H,7-10H2,1-2H3,(H,16,20). The fourth-order valence-electron chi connectivity index (χ4n) is 1.71. The van der Waals surface area contributed by atoms with Gasteiger partial charge in [0.1, 0.15) is 11.3 Å². The van der Waals surface area contributed by atoms with Crippen molar-refractivity contribution in [2.24, 2.45) is 0 Å². The van der Waals surface area contributed by atoms with Crippen molar-refractivity contribution in [3.8, 4) is 5.75 Å². The smallest absolute Gasteiger partial charge is 0.258 e. The van der Waals surface area contributed by atoms with E-state index < -0.39 is 31.3 Å². The van der Waals surface area contributed by atoms with Crippen LogP contribution in [0.1, 0.15) is 25.3 Å². The Balaban J connectivity index is 2.59. The molecule has 6 nitrogen and oxygen atoms in total. The minimum Gasteiger partial charge on any atom is -0.484 e. The van der Waals surface area contributed by atoms with Gasteiger partial charge < -0.3 is 25.4 Å². The Labute approximate surface area is 124 Å². The molecule has 1 aromatic rings. The number of carbonyl (C=O) groups excluding carboxylic acids is 1.